The number of ether oxygens (including phenoxy) is 3. The van der Waals surface area contributed by atoms with Crippen LogP contribution in [0.2, 0.25) is 0 Å². The zero-order valence-electron chi connectivity index (χ0n) is 21.6. The lowest BCUT2D eigenvalue weighted by Crippen LogP contribution is -2.42. The lowest BCUT2D eigenvalue weighted by Gasteiger charge is -2.27. The topological polar surface area (TPSA) is 80.7 Å². The molecule has 1 aliphatic heterocycles. The molecule has 0 spiro atoms. The van der Waals surface area contributed by atoms with Crippen LogP contribution in [-0.2, 0) is 9.53 Å². The Morgan fingerprint density at radius 2 is 1.79 bits per heavy atom. The molecular formula is C29H30FN3O5. The van der Waals surface area contributed by atoms with Crippen LogP contribution in [0.1, 0.15) is 33.9 Å². The molecule has 9 heteroatoms. The molecule has 0 saturated heterocycles. The molecule has 0 fully saturated rings. The fraction of sp³-hybridized carbons (Fsp3) is 0.276. The highest BCUT2D eigenvalue weighted by atomic mass is 19.1. The zero-order valence-corrected chi connectivity index (χ0v) is 21.6. The number of hydrazone groups is 1. The molecule has 8 nitrogen and oxygen atoms in total. The Bertz CT molecular complexity index is 1310. The molecule has 3 aromatic carbocycles. The van der Waals surface area contributed by atoms with Crippen molar-refractivity contribution in [2.75, 3.05) is 41.0 Å². The summed E-state index contributed by atoms with van der Waals surface area (Å²) in [6, 6.07) is 20.0. The van der Waals surface area contributed by atoms with Gasteiger partial charge in [0.15, 0.2) is 0 Å². The Hall–Kier alpha value is -4.24. The van der Waals surface area contributed by atoms with E-state index in [0.29, 0.717) is 23.6 Å². The minimum atomic E-state index is -0.528. The molecule has 2 amide bonds. The largest absolute Gasteiger partial charge is 0.497 e. The maximum absolute atomic E-state index is 13.8. The van der Waals surface area contributed by atoms with Crippen molar-refractivity contribution in [1.82, 2.24) is 9.91 Å². The number of benzene rings is 3. The first-order chi connectivity index (χ1) is 18.4. The summed E-state index contributed by atoms with van der Waals surface area (Å²) >= 11 is 0. The average molecular weight is 520 g/mol. The molecule has 1 aliphatic rings. The summed E-state index contributed by atoms with van der Waals surface area (Å²) in [4.78, 5) is 28.3. The first kappa shape index (κ1) is 26.8. The minimum absolute atomic E-state index is 0.155. The Morgan fingerprint density at radius 1 is 1.00 bits per heavy atom. The van der Waals surface area contributed by atoms with Crippen molar-refractivity contribution in [3.05, 3.63) is 95.3 Å². The third kappa shape index (κ3) is 6.00. The van der Waals surface area contributed by atoms with E-state index in [1.54, 1.807) is 20.3 Å². The van der Waals surface area contributed by atoms with Gasteiger partial charge >= 0.3 is 0 Å². The van der Waals surface area contributed by atoms with E-state index in [2.05, 4.69) is 0 Å². The first-order valence-corrected chi connectivity index (χ1v) is 12.2. The van der Waals surface area contributed by atoms with Gasteiger partial charge in [0, 0.05) is 37.3 Å². The highest BCUT2D eigenvalue weighted by Gasteiger charge is 2.35. The molecule has 1 heterocycles. The fourth-order valence-corrected chi connectivity index (χ4v) is 4.37. The van der Waals surface area contributed by atoms with Gasteiger partial charge in [-0.2, -0.15) is 5.10 Å². The van der Waals surface area contributed by atoms with Crippen LogP contribution < -0.4 is 9.47 Å². The van der Waals surface area contributed by atoms with Crippen LogP contribution in [0.4, 0.5) is 4.39 Å². The van der Waals surface area contributed by atoms with Crippen molar-refractivity contribution < 1.29 is 28.2 Å². The van der Waals surface area contributed by atoms with Crippen LogP contribution in [0, 0.1) is 5.82 Å². The highest BCUT2D eigenvalue weighted by molar-refractivity contribution is 6.05. The van der Waals surface area contributed by atoms with Gasteiger partial charge < -0.3 is 19.1 Å². The molecule has 3 aromatic rings. The third-order valence-electron chi connectivity index (χ3n) is 6.32. The number of carbonyl (C=O) groups excluding carboxylic acids is 2. The average Bonchev–Trinajstić information content (AvgIpc) is 3.40. The molecule has 1 atom stereocenters. The lowest BCUT2D eigenvalue weighted by atomic mass is 9.98. The van der Waals surface area contributed by atoms with Crippen molar-refractivity contribution in [2.24, 2.45) is 5.10 Å². The van der Waals surface area contributed by atoms with Gasteiger partial charge in [-0.15, -0.1) is 0 Å². The van der Waals surface area contributed by atoms with Gasteiger partial charge in [-0.3, -0.25) is 9.59 Å². The number of hydrogen-bond acceptors (Lipinski definition) is 6. The number of nitrogens with zero attached hydrogens (tertiary/aromatic N) is 3. The quantitative estimate of drug-likeness (QED) is 0.399. The predicted octanol–water partition coefficient (Wildman–Crippen LogP) is 4.31. The molecule has 0 N–H and O–H groups in total. The molecular weight excluding hydrogens is 489 g/mol. The van der Waals surface area contributed by atoms with Crippen molar-refractivity contribution >= 4 is 17.5 Å². The van der Waals surface area contributed by atoms with E-state index in [1.807, 2.05) is 42.5 Å². The molecule has 0 unspecified atom stereocenters. The van der Waals surface area contributed by atoms with Crippen molar-refractivity contribution in [2.45, 2.75) is 12.5 Å². The molecule has 4 rings (SSSR count). The Balaban J connectivity index is 1.66. The monoisotopic (exact) mass is 519 g/mol. The zero-order chi connectivity index (χ0) is 27.1. The van der Waals surface area contributed by atoms with Gasteiger partial charge in [0.05, 0.1) is 32.6 Å². The number of halogens is 1. The summed E-state index contributed by atoms with van der Waals surface area (Å²) in [5.41, 5.74) is 2.48. The number of carbonyl (C=O) groups is 2. The van der Waals surface area contributed by atoms with E-state index in [1.165, 1.54) is 35.2 Å². The second-order valence-electron chi connectivity index (χ2n) is 8.71. The van der Waals surface area contributed by atoms with Crippen LogP contribution in [0.5, 0.6) is 11.5 Å². The Kier molecular flexibility index (Phi) is 8.70. The van der Waals surface area contributed by atoms with Crippen molar-refractivity contribution in [3.63, 3.8) is 0 Å². The third-order valence-corrected chi connectivity index (χ3v) is 6.32. The van der Waals surface area contributed by atoms with E-state index in [-0.39, 0.29) is 37.2 Å². The van der Waals surface area contributed by atoms with Gasteiger partial charge in [0.25, 0.3) is 11.8 Å². The smallest absolute Gasteiger partial charge is 0.262 e. The normalized spacial score (nSPS) is 14.7. The maximum Gasteiger partial charge on any atom is 0.262 e. The number of amides is 2. The SMILES string of the molecule is COCCN(CC(=O)N1N=C(c2ccc(OC)cc2OC)C[C@@H]1c1ccccc1)C(=O)c1cccc(F)c1. The van der Waals surface area contributed by atoms with E-state index in [4.69, 9.17) is 19.3 Å². The highest BCUT2D eigenvalue weighted by Crippen LogP contribution is 2.36. The minimum Gasteiger partial charge on any atom is -0.497 e. The van der Waals surface area contributed by atoms with Crippen molar-refractivity contribution in [1.29, 1.82) is 0 Å². The lowest BCUT2D eigenvalue weighted by molar-refractivity contribution is -0.133. The molecule has 0 radical (unpaired) electrons. The van der Waals surface area contributed by atoms with Crippen LogP contribution >= 0.6 is 0 Å². The number of hydrogen-bond donors (Lipinski definition) is 0. The Labute approximate surface area is 221 Å². The number of methoxy groups -OCH3 is 3. The molecule has 0 bridgehead atoms. The van der Waals surface area contributed by atoms with Crippen LogP contribution in [-0.4, -0.2) is 68.5 Å². The summed E-state index contributed by atoms with van der Waals surface area (Å²) in [5, 5.41) is 6.13. The van der Waals surface area contributed by atoms with Gasteiger partial charge in [-0.25, -0.2) is 9.40 Å². The van der Waals surface area contributed by atoms with Crippen LogP contribution in [0.3, 0.4) is 0 Å². The van der Waals surface area contributed by atoms with Gasteiger partial charge in [0.2, 0.25) is 0 Å². The van der Waals surface area contributed by atoms with Crippen LogP contribution in [0.25, 0.3) is 0 Å². The fourth-order valence-electron chi connectivity index (χ4n) is 4.37. The van der Waals surface area contributed by atoms with E-state index in [9.17, 15) is 14.0 Å². The standard InChI is InChI=1S/C29H30FN3O5/c1-36-15-14-32(29(35)21-10-7-11-22(30)16-21)19-28(34)33-26(20-8-5-4-6-9-20)18-25(31-33)24-13-12-23(37-2)17-27(24)38-3/h4-13,16-17,26H,14-15,18-19H2,1-3H3/t26-/m1/s1. The van der Waals surface area contributed by atoms with E-state index >= 15 is 0 Å². The van der Waals surface area contributed by atoms with Crippen molar-refractivity contribution in [3.8, 4) is 11.5 Å². The summed E-state index contributed by atoms with van der Waals surface area (Å²) in [7, 11) is 4.66. The summed E-state index contributed by atoms with van der Waals surface area (Å²) < 4.78 is 29.8. The van der Waals surface area contributed by atoms with Crippen LogP contribution in [0.15, 0.2) is 77.9 Å². The van der Waals surface area contributed by atoms with Gasteiger partial charge in [0.1, 0.15) is 23.9 Å². The summed E-state index contributed by atoms with van der Waals surface area (Å²) in [6.07, 6.45) is 0.453. The second kappa shape index (κ2) is 12.3. The summed E-state index contributed by atoms with van der Waals surface area (Å²) in [5.74, 6) is -0.151. The maximum atomic E-state index is 13.8. The molecule has 0 aromatic heterocycles. The van der Waals surface area contributed by atoms with E-state index < -0.39 is 11.7 Å². The molecule has 0 saturated carbocycles. The molecule has 0 aliphatic carbocycles. The second-order valence-corrected chi connectivity index (χ2v) is 8.71. The van der Waals surface area contributed by atoms with Gasteiger partial charge in [-0.1, -0.05) is 36.4 Å². The molecule has 38 heavy (non-hydrogen) atoms. The van der Waals surface area contributed by atoms with Gasteiger partial charge in [-0.05, 0) is 35.9 Å². The Morgan fingerprint density at radius 3 is 2.47 bits per heavy atom. The van der Waals surface area contributed by atoms with E-state index in [0.717, 1.165) is 17.2 Å². The first-order valence-electron chi connectivity index (χ1n) is 12.2. The predicted molar refractivity (Wildman–Crippen MR) is 141 cm³/mol. The number of rotatable bonds is 10. The molecule has 198 valence electrons. The summed E-state index contributed by atoms with van der Waals surface area (Å²) in [6.45, 7) is 0.122.